The number of nitrogens with two attached hydrogens (primary N) is 1. The fourth-order valence-electron chi connectivity index (χ4n) is 3.79. The molecule has 29 heavy (non-hydrogen) atoms. The van der Waals surface area contributed by atoms with Gasteiger partial charge in [0.05, 0.1) is 17.6 Å². The van der Waals surface area contributed by atoms with E-state index >= 15 is 0 Å². The lowest BCUT2D eigenvalue weighted by Gasteiger charge is -2.16. The van der Waals surface area contributed by atoms with Crippen LogP contribution in [-0.4, -0.2) is 32.8 Å². The molecule has 1 fully saturated rings. The standard InChI is InChI=1S/C22H21FN6/c23-17-10-8-16(9-11-17)19-18-20(24)29(14-15-6-2-1-3-7-15)27-21(18)26-22(25-19)28-12-4-5-13-28/h1-3,6-11H,4-5,12-14,24H2. The summed E-state index contributed by atoms with van der Waals surface area (Å²) in [6.07, 6.45) is 2.25. The Hall–Kier alpha value is -3.48. The molecular formula is C22H21FN6. The van der Waals surface area contributed by atoms with Crippen LogP contribution >= 0.6 is 0 Å². The van der Waals surface area contributed by atoms with Crippen molar-refractivity contribution in [3.63, 3.8) is 0 Å². The van der Waals surface area contributed by atoms with E-state index in [9.17, 15) is 4.39 Å². The van der Waals surface area contributed by atoms with E-state index in [1.807, 2.05) is 30.3 Å². The van der Waals surface area contributed by atoms with Gasteiger partial charge in [0.25, 0.3) is 0 Å². The molecule has 0 bridgehead atoms. The van der Waals surface area contributed by atoms with Crippen LogP contribution < -0.4 is 10.6 Å². The number of halogens is 1. The molecule has 0 aliphatic carbocycles. The van der Waals surface area contributed by atoms with Crippen LogP contribution in [0.5, 0.6) is 0 Å². The zero-order chi connectivity index (χ0) is 19.8. The zero-order valence-electron chi connectivity index (χ0n) is 15.9. The van der Waals surface area contributed by atoms with E-state index in [0.29, 0.717) is 35.0 Å². The van der Waals surface area contributed by atoms with Crippen LogP contribution in [0.15, 0.2) is 54.6 Å². The molecule has 1 aliphatic rings. The molecule has 0 unspecified atom stereocenters. The Kier molecular flexibility index (Phi) is 4.35. The van der Waals surface area contributed by atoms with Crippen LogP contribution in [-0.2, 0) is 6.54 Å². The molecule has 0 spiro atoms. The highest BCUT2D eigenvalue weighted by atomic mass is 19.1. The Morgan fingerprint density at radius 3 is 2.38 bits per heavy atom. The van der Waals surface area contributed by atoms with E-state index in [0.717, 1.165) is 37.1 Å². The summed E-state index contributed by atoms with van der Waals surface area (Å²) in [7, 11) is 0. The Morgan fingerprint density at radius 2 is 1.66 bits per heavy atom. The summed E-state index contributed by atoms with van der Waals surface area (Å²) >= 11 is 0. The zero-order valence-corrected chi connectivity index (χ0v) is 15.9. The number of rotatable bonds is 4. The number of hydrogen-bond acceptors (Lipinski definition) is 5. The molecule has 0 amide bonds. The van der Waals surface area contributed by atoms with Gasteiger partial charge in [0.15, 0.2) is 5.65 Å². The van der Waals surface area contributed by atoms with Crippen molar-refractivity contribution in [1.82, 2.24) is 19.7 Å². The molecule has 0 atom stereocenters. The molecule has 1 aliphatic heterocycles. The van der Waals surface area contributed by atoms with E-state index in [4.69, 9.17) is 15.7 Å². The van der Waals surface area contributed by atoms with Crippen molar-refractivity contribution in [3.8, 4) is 11.3 Å². The van der Waals surface area contributed by atoms with E-state index in [2.05, 4.69) is 10.00 Å². The molecule has 2 aromatic carbocycles. The third-order valence-corrected chi connectivity index (χ3v) is 5.31. The van der Waals surface area contributed by atoms with Crippen molar-refractivity contribution in [3.05, 3.63) is 66.0 Å². The minimum Gasteiger partial charge on any atom is -0.383 e. The summed E-state index contributed by atoms with van der Waals surface area (Å²) in [5, 5.41) is 5.39. The third-order valence-electron chi connectivity index (χ3n) is 5.31. The lowest BCUT2D eigenvalue weighted by atomic mass is 10.1. The molecule has 7 heteroatoms. The maximum atomic E-state index is 13.5. The van der Waals surface area contributed by atoms with Gasteiger partial charge in [0, 0.05) is 18.7 Å². The largest absolute Gasteiger partial charge is 0.383 e. The molecule has 146 valence electrons. The number of benzene rings is 2. The van der Waals surface area contributed by atoms with Crippen LogP contribution in [0.4, 0.5) is 16.2 Å². The summed E-state index contributed by atoms with van der Waals surface area (Å²) in [6.45, 7) is 2.40. The fourth-order valence-corrected chi connectivity index (χ4v) is 3.79. The number of nitrogens with zero attached hydrogens (tertiary/aromatic N) is 5. The number of nitrogen functional groups attached to an aromatic ring is 1. The van der Waals surface area contributed by atoms with Crippen LogP contribution in [0.2, 0.25) is 0 Å². The van der Waals surface area contributed by atoms with Crippen LogP contribution in [0.3, 0.4) is 0 Å². The highest BCUT2D eigenvalue weighted by molar-refractivity contribution is 5.99. The van der Waals surface area contributed by atoms with Gasteiger partial charge < -0.3 is 10.6 Å². The van der Waals surface area contributed by atoms with Gasteiger partial charge in [-0.1, -0.05) is 30.3 Å². The normalized spacial score (nSPS) is 14.0. The molecule has 6 nitrogen and oxygen atoms in total. The van der Waals surface area contributed by atoms with Crippen LogP contribution in [0.25, 0.3) is 22.3 Å². The van der Waals surface area contributed by atoms with Crippen molar-refractivity contribution in [2.45, 2.75) is 19.4 Å². The van der Waals surface area contributed by atoms with Gasteiger partial charge in [-0.15, -0.1) is 5.10 Å². The number of aromatic nitrogens is 4. The maximum absolute atomic E-state index is 13.5. The first-order valence-corrected chi connectivity index (χ1v) is 9.78. The Bertz CT molecular complexity index is 1150. The minimum absolute atomic E-state index is 0.286. The molecule has 5 rings (SSSR count). The monoisotopic (exact) mass is 388 g/mol. The SMILES string of the molecule is Nc1c2c(-c3ccc(F)cc3)nc(N3CCCC3)nc2nn1Cc1ccccc1. The quantitative estimate of drug-likeness (QED) is 0.575. The first-order valence-electron chi connectivity index (χ1n) is 9.78. The molecule has 2 aromatic heterocycles. The highest BCUT2D eigenvalue weighted by Gasteiger charge is 2.22. The van der Waals surface area contributed by atoms with Crippen LogP contribution in [0, 0.1) is 5.82 Å². The van der Waals surface area contributed by atoms with Gasteiger partial charge in [-0.05, 0) is 42.7 Å². The predicted octanol–water partition coefficient (Wildman–Crippen LogP) is 3.86. The number of hydrogen-bond donors (Lipinski definition) is 1. The van der Waals surface area contributed by atoms with Gasteiger partial charge in [0.2, 0.25) is 5.95 Å². The average molecular weight is 388 g/mol. The Labute approximate surface area is 167 Å². The van der Waals surface area contributed by atoms with Gasteiger partial charge in [-0.2, -0.15) is 4.98 Å². The number of anilines is 2. The maximum Gasteiger partial charge on any atom is 0.228 e. The van der Waals surface area contributed by atoms with Gasteiger partial charge in [-0.3, -0.25) is 0 Å². The van der Waals surface area contributed by atoms with Crippen LogP contribution in [0.1, 0.15) is 18.4 Å². The van der Waals surface area contributed by atoms with E-state index < -0.39 is 0 Å². The van der Waals surface area contributed by atoms with E-state index in [1.165, 1.54) is 12.1 Å². The smallest absolute Gasteiger partial charge is 0.228 e. The average Bonchev–Trinajstić information content (AvgIpc) is 3.38. The minimum atomic E-state index is -0.286. The van der Waals surface area contributed by atoms with Gasteiger partial charge in [0.1, 0.15) is 11.6 Å². The first kappa shape index (κ1) is 17.6. The van der Waals surface area contributed by atoms with Gasteiger partial charge >= 0.3 is 0 Å². The lowest BCUT2D eigenvalue weighted by Crippen LogP contribution is -2.20. The van der Waals surface area contributed by atoms with Gasteiger partial charge in [-0.25, -0.2) is 14.1 Å². The molecule has 3 heterocycles. The Morgan fingerprint density at radius 1 is 0.931 bits per heavy atom. The van der Waals surface area contributed by atoms with Crippen molar-refractivity contribution < 1.29 is 4.39 Å². The fraction of sp³-hybridized carbons (Fsp3) is 0.227. The highest BCUT2D eigenvalue weighted by Crippen LogP contribution is 2.33. The summed E-state index contributed by atoms with van der Waals surface area (Å²) in [5.41, 5.74) is 9.64. The van der Waals surface area contributed by atoms with Crippen molar-refractivity contribution in [2.24, 2.45) is 0 Å². The summed E-state index contributed by atoms with van der Waals surface area (Å²) in [6, 6.07) is 16.3. The van der Waals surface area contributed by atoms with Crippen molar-refractivity contribution in [2.75, 3.05) is 23.7 Å². The second kappa shape index (κ2) is 7.16. The first-order chi connectivity index (χ1) is 14.2. The topological polar surface area (TPSA) is 72.9 Å². The second-order valence-electron chi connectivity index (χ2n) is 7.30. The summed E-state index contributed by atoms with van der Waals surface area (Å²) < 4.78 is 15.2. The molecule has 0 saturated carbocycles. The lowest BCUT2D eigenvalue weighted by molar-refractivity contribution is 0.628. The third kappa shape index (κ3) is 3.29. The van der Waals surface area contributed by atoms with E-state index in [1.54, 1.807) is 16.8 Å². The molecular weight excluding hydrogens is 367 g/mol. The summed E-state index contributed by atoms with van der Waals surface area (Å²) in [4.78, 5) is 11.7. The predicted molar refractivity (Wildman–Crippen MR) is 112 cm³/mol. The molecule has 2 N–H and O–H groups in total. The van der Waals surface area contributed by atoms with Crippen molar-refractivity contribution >= 4 is 22.8 Å². The molecule has 1 saturated heterocycles. The molecule has 4 aromatic rings. The summed E-state index contributed by atoms with van der Waals surface area (Å²) in [5.74, 6) is 0.876. The second-order valence-corrected chi connectivity index (χ2v) is 7.30. The van der Waals surface area contributed by atoms with Crippen molar-refractivity contribution in [1.29, 1.82) is 0 Å². The van der Waals surface area contributed by atoms with E-state index in [-0.39, 0.29) is 5.82 Å². The Balaban J connectivity index is 1.68. The number of fused-ring (bicyclic) bond motifs is 1. The molecule has 0 radical (unpaired) electrons.